The number of aromatic hydroxyl groups is 1. The van der Waals surface area contributed by atoms with Gasteiger partial charge in [0, 0.05) is 5.56 Å². The van der Waals surface area contributed by atoms with Crippen molar-refractivity contribution < 1.29 is 57.5 Å². The van der Waals surface area contributed by atoms with Crippen LogP contribution >= 0.6 is 0 Å². The Morgan fingerprint density at radius 3 is 2.28 bits per heavy atom. The number of nitrogens with zero attached hydrogens (tertiary/aromatic N) is 3. The van der Waals surface area contributed by atoms with Gasteiger partial charge in [0.1, 0.15) is 21.6 Å². The van der Waals surface area contributed by atoms with Crippen LogP contribution in [0.5, 0.6) is 5.75 Å². The first-order valence-electron chi connectivity index (χ1n) is 8.68. The smallest absolute Gasteiger partial charge is 0.744 e. The Hall–Kier alpha value is -3.09. The number of phenols is 1. The fraction of sp³-hybridized carbons (Fsp3) is 0. The third kappa shape index (κ3) is 6.45. The average molecular weight is 462 g/mol. The first-order chi connectivity index (χ1) is 14.8. The van der Waals surface area contributed by atoms with Gasteiger partial charge in [-0.3, -0.25) is 5.43 Å². The summed E-state index contributed by atoms with van der Waals surface area (Å²) >= 11 is 0. The second-order valence-corrected chi connectivity index (χ2v) is 7.45. The molecule has 0 atom stereocenters. The molecule has 3 aromatic rings. The van der Waals surface area contributed by atoms with E-state index in [9.17, 15) is 28.0 Å². The summed E-state index contributed by atoms with van der Waals surface area (Å²) < 4.78 is 33.7. The van der Waals surface area contributed by atoms with Crippen LogP contribution in [-0.4, -0.2) is 35.0 Å². The molecular weight excluding hydrogens is 447 g/mol. The van der Waals surface area contributed by atoms with Gasteiger partial charge in [-0.25, -0.2) is 13.2 Å². The largest absolute Gasteiger partial charge is 1.00 e. The predicted molar refractivity (Wildman–Crippen MR) is 111 cm³/mol. The molecule has 0 spiro atoms. The molecule has 3 aromatic carbocycles. The Morgan fingerprint density at radius 1 is 0.969 bits per heavy atom. The summed E-state index contributed by atoms with van der Waals surface area (Å²) in [5.41, 5.74) is 2.85. The molecule has 0 aliphatic heterocycles. The van der Waals surface area contributed by atoms with Crippen LogP contribution in [0.1, 0.15) is 15.9 Å². The van der Waals surface area contributed by atoms with E-state index in [2.05, 4.69) is 20.8 Å². The maximum atomic E-state index is 11.4. The fourth-order valence-corrected chi connectivity index (χ4v) is 2.95. The molecule has 0 aliphatic rings. The second kappa shape index (κ2) is 11.0. The standard InChI is InChI=1S/C20H16N4O6S.Na/c25-18-11-10-14(31(28,29)30)12-17(18)22-24-19(13-6-2-1-3-7-13)23-21-16-9-5-4-8-15(16)20(26)27;/h1-12,22,25H,(H,26,27)(H,28,29,30);/q;+1/p-1/b23-21+,24-19+;. The minimum absolute atomic E-state index is 0. The van der Waals surface area contributed by atoms with Gasteiger partial charge in [0.05, 0.1) is 16.1 Å². The molecule has 0 saturated heterocycles. The number of anilines is 1. The van der Waals surface area contributed by atoms with Gasteiger partial charge >= 0.3 is 35.5 Å². The van der Waals surface area contributed by atoms with Crippen molar-refractivity contribution >= 4 is 33.3 Å². The summed E-state index contributed by atoms with van der Waals surface area (Å²) in [6, 6.07) is 17.5. The molecule has 3 N–H and O–H groups in total. The number of carboxylic acid groups (broad SMARTS) is 1. The number of aromatic carboxylic acids is 1. The SMILES string of the molecule is O=C(O)c1ccccc1/N=N/C(=N/Nc1cc(S(=O)(=O)[O-])ccc1O)c1ccccc1.[Na+]. The van der Waals surface area contributed by atoms with Crippen molar-refractivity contribution in [2.24, 2.45) is 15.3 Å². The Labute approximate surface area is 205 Å². The molecule has 3 rings (SSSR count). The van der Waals surface area contributed by atoms with E-state index in [1.807, 2.05) is 0 Å². The summed E-state index contributed by atoms with van der Waals surface area (Å²) in [6.07, 6.45) is 0. The predicted octanol–water partition coefficient (Wildman–Crippen LogP) is 0.556. The Balaban J connectivity index is 0.00000363. The fourth-order valence-electron chi connectivity index (χ4n) is 2.45. The summed E-state index contributed by atoms with van der Waals surface area (Å²) in [7, 11) is -4.74. The molecule has 12 heteroatoms. The van der Waals surface area contributed by atoms with Crippen LogP contribution in [-0.2, 0) is 10.1 Å². The summed E-state index contributed by atoms with van der Waals surface area (Å²) in [5.74, 6) is -1.52. The number of nitrogens with one attached hydrogen (secondary N) is 1. The zero-order chi connectivity index (χ0) is 22.4. The van der Waals surface area contributed by atoms with Crippen LogP contribution in [0.15, 0.2) is 93.0 Å². The molecule has 0 radical (unpaired) electrons. The molecule has 0 aliphatic carbocycles. The Morgan fingerprint density at radius 2 is 1.62 bits per heavy atom. The van der Waals surface area contributed by atoms with Gasteiger partial charge in [-0.1, -0.05) is 42.5 Å². The molecule has 0 saturated carbocycles. The van der Waals surface area contributed by atoms with Crippen molar-refractivity contribution in [2.75, 3.05) is 5.43 Å². The van der Waals surface area contributed by atoms with E-state index in [0.717, 1.165) is 18.2 Å². The van der Waals surface area contributed by atoms with Crippen LogP contribution in [0.3, 0.4) is 0 Å². The quantitative estimate of drug-likeness (QED) is 0.0916. The monoisotopic (exact) mass is 462 g/mol. The number of hydrogen-bond acceptors (Lipinski definition) is 8. The topological polar surface area (TPSA) is 164 Å². The van der Waals surface area contributed by atoms with Gasteiger partial charge in [-0.2, -0.15) is 5.10 Å². The Kier molecular flexibility index (Phi) is 8.63. The molecule has 0 heterocycles. The van der Waals surface area contributed by atoms with E-state index in [1.54, 1.807) is 42.5 Å². The number of carbonyl (C=O) groups is 1. The van der Waals surface area contributed by atoms with E-state index < -0.39 is 21.0 Å². The van der Waals surface area contributed by atoms with E-state index in [4.69, 9.17) is 0 Å². The van der Waals surface area contributed by atoms with Gasteiger partial charge in [-0.05, 0) is 30.3 Å². The summed E-state index contributed by atoms with van der Waals surface area (Å²) in [4.78, 5) is 10.8. The van der Waals surface area contributed by atoms with Crippen LogP contribution < -0.4 is 35.0 Å². The van der Waals surface area contributed by atoms with Crippen LogP contribution in [0.4, 0.5) is 11.4 Å². The number of hydrogen-bond donors (Lipinski definition) is 3. The maximum absolute atomic E-state index is 11.4. The van der Waals surface area contributed by atoms with Gasteiger partial charge < -0.3 is 14.8 Å². The number of phenolic OH excluding ortho intramolecular Hbond substituents is 1. The number of amidine groups is 1. The number of rotatable bonds is 6. The van der Waals surface area contributed by atoms with E-state index in [-0.39, 0.29) is 58.1 Å². The van der Waals surface area contributed by atoms with Crippen molar-refractivity contribution in [1.82, 2.24) is 0 Å². The zero-order valence-electron chi connectivity index (χ0n) is 16.7. The van der Waals surface area contributed by atoms with Crippen LogP contribution in [0.25, 0.3) is 0 Å². The molecular formula is C20H15N4NaO6S. The number of carboxylic acids is 1. The van der Waals surface area contributed by atoms with E-state index in [1.165, 1.54) is 12.1 Å². The molecule has 10 nitrogen and oxygen atoms in total. The van der Waals surface area contributed by atoms with Crippen molar-refractivity contribution in [3.8, 4) is 5.75 Å². The molecule has 0 bridgehead atoms. The zero-order valence-corrected chi connectivity index (χ0v) is 19.5. The minimum Gasteiger partial charge on any atom is -0.744 e. The van der Waals surface area contributed by atoms with Crippen molar-refractivity contribution in [2.45, 2.75) is 4.90 Å². The summed E-state index contributed by atoms with van der Waals surface area (Å²) in [6.45, 7) is 0. The minimum atomic E-state index is -4.74. The molecule has 158 valence electrons. The van der Waals surface area contributed by atoms with Crippen molar-refractivity contribution in [3.05, 3.63) is 83.9 Å². The van der Waals surface area contributed by atoms with Crippen LogP contribution in [0.2, 0.25) is 0 Å². The Bertz CT molecular complexity index is 1280. The molecule has 32 heavy (non-hydrogen) atoms. The van der Waals surface area contributed by atoms with E-state index in [0.29, 0.717) is 5.56 Å². The third-order valence-electron chi connectivity index (χ3n) is 3.96. The average Bonchev–Trinajstić information content (AvgIpc) is 2.75. The van der Waals surface area contributed by atoms with E-state index >= 15 is 0 Å². The van der Waals surface area contributed by atoms with Crippen molar-refractivity contribution in [3.63, 3.8) is 0 Å². The molecule has 0 aromatic heterocycles. The normalized spacial score (nSPS) is 11.7. The second-order valence-electron chi connectivity index (χ2n) is 6.07. The number of hydrazone groups is 1. The molecule has 0 fully saturated rings. The molecule has 0 unspecified atom stereocenters. The number of benzene rings is 3. The third-order valence-corrected chi connectivity index (χ3v) is 4.79. The first-order valence-corrected chi connectivity index (χ1v) is 10.1. The summed E-state index contributed by atoms with van der Waals surface area (Å²) in [5, 5.41) is 31.2. The first kappa shape index (κ1) is 25.2. The maximum Gasteiger partial charge on any atom is 1.00 e. The van der Waals surface area contributed by atoms with Crippen molar-refractivity contribution in [1.29, 1.82) is 0 Å². The van der Waals surface area contributed by atoms with Gasteiger partial charge in [0.15, 0.2) is 0 Å². The molecule has 0 amide bonds. The number of azo groups is 1. The van der Waals surface area contributed by atoms with Gasteiger partial charge in [0.2, 0.25) is 5.84 Å². The van der Waals surface area contributed by atoms with Gasteiger partial charge in [-0.15, -0.1) is 10.2 Å². The van der Waals surface area contributed by atoms with Gasteiger partial charge in [0.25, 0.3) is 0 Å². The van der Waals surface area contributed by atoms with Crippen LogP contribution in [0, 0.1) is 0 Å².